The highest BCUT2D eigenvalue weighted by Gasteiger charge is 2.45. The molecule has 2 aromatic carbocycles. The van der Waals surface area contributed by atoms with Gasteiger partial charge >= 0.3 is 6.18 Å². The van der Waals surface area contributed by atoms with Gasteiger partial charge in [0.2, 0.25) is 5.91 Å². The molecule has 1 N–H and O–H groups in total. The molecule has 0 heterocycles. The lowest BCUT2D eigenvalue weighted by molar-refractivity contribution is -0.138. The number of halogens is 4. The van der Waals surface area contributed by atoms with Crippen molar-refractivity contribution in [2.24, 2.45) is 5.41 Å². The van der Waals surface area contributed by atoms with E-state index in [-0.39, 0.29) is 5.69 Å². The van der Waals surface area contributed by atoms with Gasteiger partial charge in [0.25, 0.3) is 0 Å². The number of rotatable bonds is 5. The van der Waals surface area contributed by atoms with Crippen molar-refractivity contribution in [2.45, 2.75) is 39.5 Å². The Hall–Kier alpha value is -2.02. The van der Waals surface area contributed by atoms with E-state index >= 15 is 0 Å². The Morgan fingerprint density at radius 1 is 1.00 bits per heavy atom. The minimum absolute atomic E-state index is 0.0844. The SMILES string of the molecule is CC(C)(Oc1cccc(Br)c1)C(C)(C)C(=O)Nc1cccc(C(F)(F)F)c1. The highest BCUT2D eigenvalue weighted by Crippen LogP contribution is 2.37. The van der Waals surface area contributed by atoms with Gasteiger partial charge in [-0.3, -0.25) is 4.79 Å². The van der Waals surface area contributed by atoms with Crippen molar-refractivity contribution in [1.29, 1.82) is 0 Å². The van der Waals surface area contributed by atoms with E-state index in [1.54, 1.807) is 39.8 Å². The summed E-state index contributed by atoms with van der Waals surface area (Å²) in [7, 11) is 0. The molecule has 146 valence electrons. The Morgan fingerprint density at radius 2 is 1.63 bits per heavy atom. The van der Waals surface area contributed by atoms with Crippen molar-refractivity contribution in [3.05, 3.63) is 58.6 Å². The summed E-state index contributed by atoms with van der Waals surface area (Å²) in [4.78, 5) is 12.8. The zero-order chi connectivity index (χ0) is 20.5. The monoisotopic (exact) mass is 443 g/mol. The van der Waals surface area contributed by atoms with E-state index in [9.17, 15) is 18.0 Å². The Balaban J connectivity index is 2.20. The third kappa shape index (κ3) is 5.03. The lowest BCUT2D eigenvalue weighted by Crippen LogP contribution is -2.51. The number of ether oxygens (including phenoxy) is 1. The third-order valence-corrected chi connectivity index (χ3v) is 5.18. The predicted octanol–water partition coefficient (Wildman–Crippen LogP) is 6.29. The molecule has 0 spiro atoms. The molecule has 0 aliphatic carbocycles. The molecule has 1 amide bonds. The van der Waals surface area contributed by atoms with Gasteiger partial charge in [-0.15, -0.1) is 0 Å². The van der Waals surface area contributed by atoms with E-state index in [4.69, 9.17) is 4.74 Å². The topological polar surface area (TPSA) is 38.3 Å². The maximum absolute atomic E-state index is 12.9. The van der Waals surface area contributed by atoms with Crippen molar-refractivity contribution < 1.29 is 22.7 Å². The molecule has 0 unspecified atom stereocenters. The molecule has 3 nitrogen and oxygen atoms in total. The van der Waals surface area contributed by atoms with Crippen LogP contribution in [0.15, 0.2) is 53.0 Å². The van der Waals surface area contributed by atoms with Crippen LogP contribution in [0.5, 0.6) is 5.75 Å². The molecule has 0 atom stereocenters. The number of carbonyl (C=O) groups excluding carboxylic acids is 1. The van der Waals surface area contributed by atoms with E-state index in [0.29, 0.717) is 5.75 Å². The van der Waals surface area contributed by atoms with E-state index in [1.165, 1.54) is 12.1 Å². The van der Waals surface area contributed by atoms with Gasteiger partial charge in [-0.2, -0.15) is 13.2 Å². The molecular weight excluding hydrogens is 423 g/mol. The summed E-state index contributed by atoms with van der Waals surface area (Å²) in [5.74, 6) is 0.135. The number of benzene rings is 2. The second-order valence-electron chi connectivity index (χ2n) is 7.23. The highest BCUT2D eigenvalue weighted by atomic mass is 79.9. The van der Waals surface area contributed by atoms with Crippen molar-refractivity contribution in [3.63, 3.8) is 0 Å². The third-order valence-electron chi connectivity index (χ3n) is 4.69. The van der Waals surface area contributed by atoms with Gasteiger partial charge in [0.05, 0.1) is 11.0 Å². The van der Waals surface area contributed by atoms with Crippen LogP contribution in [0.3, 0.4) is 0 Å². The molecule has 0 fully saturated rings. The van der Waals surface area contributed by atoms with Crippen molar-refractivity contribution in [3.8, 4) is 5.75 Å². The first-order chi connectivity index (χ1) is 12.3. The van der Waals surface area contributed by atoms with Gasteiger partial charge < -0.3 is 10.1 Å². The molecule has 27 heavy (non-hydrogen) atoms. The fourth-order valence-corrected chi connectivity index (χ4v) is 2.66. The van der Waals surface area contributed by atoms with Crippen molar-refractivity contribution in [2.75, 3.05) is 5.32 Å². The number of nitrogens with one attached hydrogen (secondary N) is 1. The minimum atomic E-state index is -4.47. The molecule has 2 aromatic rings. The maximum atomic E-state index is 12.9. The largest absolute Gasteiger partial charge is 0.487 e. The first kappa shape index (κ1) is 21.3. The van der Waals surface area contributed by atoms with Gasteiger partial charge in [0.15, 0.2) is 0 Å². The molecule has 0 aromatic heterocycles. The number of hydrogen-bond acceptors (Lipinski definition) is 2. The molecule has 0 aliphatic rings. The zero-order valence-corrected chi connectivity index (χ0v) is 17.0. The van der Waals surface area contributed by atoms with Crippen molar-refractivity contribution >= 4 is 27.5 Å². The average molecular weight is 444 g/mol. The van der Waals surface area contributed by atoms with Crippen LogP contribution < -0.4 is 10.1 Å². The van der Waals surface area contributed by atoms with E-state index in [0.717, 1.165) is 16.6 Å². The second kappa shape index (κ2) is 7.54. The average Bonchev–Trinajstić information content (AvgIpc) is 2.53. The van der Waals surface area contributed by atoms with Crippen LogP contribution in [0.4, 0.5) is 18.9 Å². The second-order valence-corrected chi connectivity index (χ2v) is 8.14. The normalized spacial score (nSPS) is 12.6. The van der Waals surface area contributed by atoms with Crippen LogP contribution in [-0.2, 0) is 11.0 Å². The zero-order valence-electron chi connectivity index (χ0n) is 15.4. The fraction of sp³-hybridized carbons (Fsp3) is 0.350. The summed E-state index contributed by atoms with van der Waals surface area (Å²) in [6, 6.07) is 11.8. The molecular formula is C20H21BrF3NO2. The molecule has 0 saturated heterocycles. The predicted molar refractivity (Wildman–Crippen MR) is 103 cm³/mol. The van der Waals surface area contributed by atoms with Gasteiger partial charge in [-0.1, -0.05) is 28.1 Å². The van der Waals surface area contributed by atoms with Gasteiger partial charge in [0, 0.05) is 10.2 Å². The van der Waals surface area contributed by atoms with Gasteiger partial charge in [-0.05, 0) is 64.1 Å². The van der Waals surface area contributed by atoms with Crippen LogP contribution in [0.1, 0.15) is 33.3 Å². The molecule has 0 bridgehead atoms. The Morgan fingerprint density at radius 3 is 2.22 bits per heavy atom. The summed E-state index contributed by atoms with van der Waals surface area (Å²) in [6.07, 6.45) is -4.47. The summed E-state index contributed by atoms with van der Waals surface area (Å²) < 4.78 is 45.4. The lowest BCUT2D eigenvalue weighted by Gasteiger charge is -2.40. The first-order valence-electron chi connectivity index (χ1n) is 8.26. The standard InChI is InChI=1S/C20H21BrF3NO2/c1-18(2,19(3,4)27-16-10-6-8-14(21)12-16)17(26)25-15-9-5-7-13(11-15)20(22,23)24/h5-12H,1-4H3,(H,25,26). The first-order valence-corrected chi connectivity index (χ1v) is 9.05. The van der Waals surface area contributed by atoms with Crippen LogP contribution >= 0.6 is 15.9 Å². The minimum Gasteiger partial charge on any atom is -0.487 e. The highest BCUT2D eigenvalue weighted by molar-refractivity contribution is 9.10. The maximum Gasteiger partial charge on any atom is 0.416 e. The van der Waals surface area contributed by atoms with Crippen molar-refractivity contribution in [1.82, 2.24) is 0 Å². The number of alkyl halides is 3. The number of amides is 1. The summed E-state index contributed by atoms with van der Waals surface area (Å²) in [6.45, 7) is 6.90. The number of anilines is 1. The summed E-state index contributed by atoms with van der Waals surface area (Å²) in [5.41, 5.74) is -2.70. The van der Waals surface area contributed by atoms with E-state index < -0.39 is 28.7 Å². The quantitative estimate of drug-likeness (QED) is 0.589. The molecule has 0 aliphatic heterocycles. The smallest absolute Gasteiger partial charge is 0.416 e. The number of carbonyl (C=O) groups is 1. The van der Waals surface area contributed by atoms with Crippen LogP contribution in [0, 0.1) is 5.41 Å². The number of hydrogen-bond donors (Lipinski definition) is 1. The molecule has 0 saturated carbocycles. The molecule has 7 heteroatoms. The Labute approximate surface area is 165 Å². The van der Waals surface area contributed by atoms with E-state index in [2.05, 4.69) is 21.2 Å². The van der Waals surface area contributed by atoms with Crippen LogP contribution in [0.25, 0.3) is 0 Å². The van der Waals surface area contributed by atoms with Crippen LogP contribution in [-0.4, -0.2) is 11.5 Å². The Kier molecular flexibility index (Phi) is 5.94. The Bertz CT molecular complexity index is 832. The van der Waals surface area contributed by atoms with E-state index in [1.807, 2.05) is 12.1 Å². The van der Waals surface area contributed by atoms with Crippen LogP contribution in [0.2, 0.25) is 0 Å². The molecule has 0 radical (unpaired) electrons. The van der Waals surface area contributed by atoms with Gasteiger partial charge in [-0.25, -0.2) is 0 Å². The lowest BCUT2D eigenvalue weighted by atomic mass is 9.76. The fourth-order valence-electron chi connectivity index (χ4n) is 2.29. The summed E-state index contributed by atoms with van der Waals surface area (Å²) in [5, 5.41) is 2.57. The summed E-state index contributed by atoms with van der Waals surface area (Å²) >= 11 is 3.36. The van der Waals surface area contributed by atoms with Gasteiger partial charge in [0.1, 0.15) is 11.4 Å². The molecule has 2 rings (SSSR count).